The molecule has 1 rings (SSSR count). The van der Waals surface area contributed by atoms with Crippen molar-refractivity contribution in [1.82, 2.24) is 0 Å². The van der Waals surface area contributed by atoms with Crippen molar-refractivity contribution in [2.75, 3.05) is 6.54 Å². The fraction of sp³-hybridized carbons (Fsp3) is 0.857. The quantitative estimate of drug-likeness (QED) is 0.437. The minimum Gasteiger partial charge on any atom is -0.388 e. The molecule has 0 aromatic heterocycles. The van der Waals surface area contributed by atoms with Gasteiger partial charge >= 0.3 is 0 Å². The molecule has 9 heavy (non-hydrogen) atoms. The highest BCUT2D eigenvalue weighted by Gasteiger charge is 2.15. The first-order valence-corrected chi connectivity index (χ1v) is 3.55. The van der Waals surface area contributed by atoms with E-state index in [1.54, 1.807) is 0 Å². The SMILES string of the molecule is CC(N)=NCC1CCC1. The van der Waals surface area contributed by atoms with E-state index >= 15 is 0 Å². The van der Waals surface area contributed by atoms with E-state index in [0.717, 1.165) is 18.3 Å². The number of amidine groups is 1. The van der Waals surface area contributed by atoms with Gasteiger partial charge < -0.3 is 5.73 Å². The van der Waals surface area contributed by atoms with E-state index in [0.29, 0.717) is 0 Å². The van der Waals surface area contributed by atoms with Crippen molar-refractivity contribution >= 4 is 5.84 Å². The molecular formula is C7H14N2. The molecular weight excluding hydrogens is 112 g/mol. The monoisotopic (exact) mass is 126 g/mol. The standard InChI is InChI=1S/C7H14N2/c1-6(8)9-5-7-3-2-4-7/h7H,2-5H2,1H3,(H2,8,9). The molecule has 52 valence electrons. The third kappa shape index (κ3) is 2.04. The molecule has 2 heteroatoms. The third-order valence-corrected chi connectivity index (χ3v) is 1.82. The van der Waals surface area contributed by atoms with Crippen LogP contribution in [0.2, 0.25) is 0 Å². The Morgan fingerprint density at radius 1 is 1.67 bits per heavy atom. The van der Waals surface area contributed by atoms with Gasteiger partial charge in [0.15, 0.2) is 0 Å². The van der Waals surface area contributed by atoms with Crippen molar-refractivity contribution in [1.29, 1.82) is 0 Å². The summed E-state index contributed by atoms with van der Waals surface area (Å²) in [5, 5.41) is 0. The molecule has 2 N–H and O–H groups in total. The molecule has 1 aliphatic rings. The zero-order valence-electron chi connectivity index (χ0n) is 5.93. The Hall–Kier alpha value is -0.530. The van der Waals surface area contributed by atoms with Crippen LogP contribution in [0, 0.1) is 5.92 Å². The minimum absolute atomic E-state index is 0.724. The largest absolute Gasteiger partial charge is 0.388 e. The Bertz CT molecular complexity index is 110. The zero-order valence-corrected chi connectivity index (χ0v) is 5.93. The summed E-state index contributed by atoms with van der Waals surface area (Å²) in [4.78, 5) is 4.14. The van der Waals surface area contributed by atoms with Gasteiger partial charge in [-0.1, -0.05) is 6.42 Å². The number of hydrogen-bond donors (Lipinski definition) is 1. The lowest BCUT2D eigenvalue weighted by Gasteiger charge is -2.22. The topological polar surface area (TPSA) is 38.4 Å². The van der Waals surface area contributed by atoms with E-state index in [1.807, 2.05) is 6.92 Å². The van der Waals surface area contributed by atoms with E-state index in [2.05, 4.69) is 4.99 Å². The lowest BCUT2D eigenvalue weighted by molar-refractivity contribution is 0.326. The van der Waals surface area contributed by atoms with Crippen LogP contribution in [0.15, 0.2) is 4.99 Å². The van der Waals surface area contributed by atoms with Gasteiger partial charge in [0, 0.05) is 6.54 Å². The van der Waals surface area contributed by atoms with Crippen LogP contribution in [0.3, 0.4) is 0 Å². The maximum absolute atomic E-state index is 5.37. The molecule has 0 spiro atoms. The minimum atomic E-state index is 0.724. The second kappa shape index (κ2) is 2.85. The van der Waals surface area contributed by atoms with Crippen LogP contribution in [-0.4, -0.2) is 12.4 Å². The summed E-state index contributed by atoms with van der Waals surface area (Å²) in [5.41, 5.74) is 5.37. The maximum atomic E-state index is 5.37. The lowest BCUT2D eigenvalue weighted by Crippen LogP contribution is -2.16. The highest BCUT2D eigenvalue weighted by molar-refractivity contribution is 5.77. The summed E-state index contributed by atoms with van der Waals surface area (Å²) in [6, 6.07) is 0. The Labute approximate surface area is 56.2 Å². The number of nitrogens with two attached hydrogens (primary N) is 1. The van der Waals surface area contributed by atoms with E-state index in [4.69, 9.17) is 5.73 Å². The van der Waals surface area contributed by atoms with Gasteiger partial charge in [-0.25, -0.2) is 0 Å². The molecule has 2 nitrogen and oxygen atoms in total. The van der Waals surface area contributed by atoms with Gasteiger partial charge in [-0.05, 0) is 25.7 Å². The van der Waals surface area contributed by atoms with Crippen LogP contribution in [0.25, 0.3) is 0 Å². The van der Waals surface area contributed by atoms with Crippen molar-refractivity contribution in [3.63, 3.8) is 0 Å². The van der Waals surface area contributed by atoms with E-state index in [1.165, 1.54) is 19.3 Å². The van der Waals surface area contributed by atoms with Crippen LogP contribution in [0.5, 0.6) is 0 Å². The first kappa shape index (κ1) is 6.59. The van der Waals surface area contributed by atoms with Crippen molar-refractivity contribution in [3.8, 4) is 0 Å². The van der Waals surface area contributed by atoms with Crippen LogP contribution in [-0.2, 0) is 0 Å². The smallest absolute Gasteiger partial charge is 0.0905 e. The second-order valence-electron chi connectivity index (χ2n) is 2.78. The highest BCUT2D eigenvalue weighted by Crippen LogP contribution is 2.26. The zero-order chi connectivity index (χ0) is 6.69. The third-order valence-electron chi connectivity index (χ3n) is 1.82. The van der Waals surface area contributed by atoms with Crippen molar-refractivity contribution in [3.05, 3.63) is 0 Å². The summed E-state index contributed by atoms with van der Waals surface area (Å²) >= 11 is 0. The Morgan fingerprint density at radius 3 is 2.67 bits per heavy atom. The van der Waals surface area contributed by atoms with Gasteiger partial charge in [0.05, 0.1) is 5.84 Å². The number of rotatable bonds is 2. The molecule has 0 bridgehead atoms. The van der Waals surface area contributed by atoms with Gasteiger partial charge in [-0.3, -0.25) is 4.99 Å². The molecule has 0 aromatic carbocycles. The van der Waals surface area contributed by atoms with Crippen molar-refractivity contribution < 1.29 is 0 Å². The van der Waals surface area contributed by atoms with Gasteiger partial charge in [0.1, 0.15) is 0 Å². The van der Waals surface area contributed by atoms with Gasteiger partial charge in [0.2, 0.25) is 0 Å². The molecule has 0 amide bonds. The molecule has 0 aromatic rings. The van der Waals surface area contributed by atoms with Crippen LogP contribution < -0.4 is 5.73 Å². The fourth-order valence-electron chi connectivity index (χ4n) is 0.948. The predicted octanol–water partition coefficient (Wildman–Crippen LogP) is 1.16. The highest BCUT2D eigenvalue weighted by atomic mass is 14.8. The molecule has 1 aliphatic carbocycles. The maximum Gasteiger partial charge on any atom is 0.0905 e. The molecule has 0 aliphatic heterocycles. The van der Waals surface area contributed by atoms with E-state index in [9.17, 15) is 0 Å². The fourth-order valence-corrected chi connectivity index (χ4v) is 0.948. The first-order valence-electron chi connectivity index (χ1n) is 3.55. The molecule has 1 fully saturated rings. The number of nitrogens with zero attached hydrogens (tertiary/aromatic N) is 1. The average molecular weight is 126 g/mol. The summed E-state index contributed by atoms with van der Waals surface area (Å²) in [7, 11) is 0. The summed E-state index contributed by atoms with van der Waals surface area (Å²) in [6.45, 7) is 2.81. The van der Waals surface area contributed by atoms with E-state index < -0.39 is 0 Å². The van der Waals surface area contributed by atoms with Crippen LogP contribution in [0.1, 0.15) is 26.2 Å². The Balaban J connectivity index is 2.10. The Kier molecular flexibility index (Phi) is 2.09. The molecule has 0 saturated heterocycles. The molecule has 0 atom stereocenters. The molecule has 0 unspecified atom stereocenters. The summed E-state index contributed by atoms with van der Waals surface area (Å²) < 4.78 is 0. The number of hydrogen-bond acceptors (Lipinski definition) is 1. The predicted molar refractivity (Wildman–Crippen MR) is 39.5 cm³/mol. The lowest BCUT2D eigenvalue weighted by atomic mass is 9.86. The van der Waals surface area contributed by atoms with Gasteiger partial charge in [-0.2, -0.15) is 0 Å². The van der Waals surface area contributed by atoms with Gasteiger partial charge in [0.25, 0.3) is 0 Å². The van der Waals surface area contributed by atoms with Crippen LogP contribution >= 0.6 is 0 Å². The first-order chi connectivity index (χ1) is 4.29. The van der Waals surface area contributed by atoms with E-state index in [-0.39, 0.29) is 0 Å². The number of aliphatic imine (C=N–C) groups is 1. The normalized spacial score (nSPS) is 21.7. The van der Waals surface area contributed by atoms with Gasteiger partial charge in [-0.15, -0.1) is 0 Å². The molecule has 0 radical (unpaired) electrons. The van der Waals surface area contributed by atoms with Crippen LogP contribution in [0.4, 0.5) is 0 Å². The molecule has 0 heterocycles. The van der Waals surface area contributed by atoms with Crippen molar-refractivity contribution in [2.45, 2.75) is 26.2 Å². The van der Waals surface area contributed by atoms with Crippen molar-refractivity contribution in [2.24, 2.45) is 16.6 Å². The second-order valence-corrected chi connectivity index (χ2v) is 2.78. The summed E-state index contributed by atoms with van der Waals surface area (Å²) in [6.07, 6.45) is 4.11. The summed E-state index contributed by atoms with van der Waals surface area (Å²) in [5.74, 6) is 1.57. The average Bonchev–Trinajstić information content (AvgIpc) is 1.60. The Morgan fingerprint density at radius 2 is 2.33 bits per heavy atom. The molecule has 1 saturated carbocycles.